The first kappa shape index (κ1) is 9.70. The fourth-order valence-corrected chi connectivity index (χ4v) is 1.54. The Kier molecular flexibility index (Phi) is 2.40. The predicted octanol–water partition coefficient (Wildman–Crippen LogP) is -0.486. The fourth-order valence-electron chi connectivity index (χ4n) is 1.54. The number of nitrogens with zero attached hydrogens (tertiary/aromatic N) is 3. The van der Waals surface area contributed by atoms with E-state index in [1.165, 1.54) is 4.90 Å². The summed E-state index contributed by atoms with van der Waals surface area (Å²) in [6.45, 7) is 0.672. The highest BCUT2D eigenvalue weighted by atomic mass is 16.2. The molecule has 0 aromatic carbocycles. The van der Waals surface area contributed by atoms with Gasteiger partial charge in [0, 0.05) is 32.4 Å². The van der Waals surface area contributed by atoms with Crippen LogP contribution in [0.1, 0.15) is 5.82 Å². The van der Waals surface area contributed by atoms with Crippen molar-refractivity contribution in [3.63, 3.8) is 0 Å². The molecule has 15 heavy (non-hydrogen) atoms. The second-order valence-corrected chi connectivity index (χ2v) is 3.48. The van der Waals surface area contributed by atoms with E-state index in [4.69, 9.17) is 0 Å². The number of imidazole rings is 1. The maximum atomic E-state index is 11.2. The van der Waals surface area contributed by atoms with Crippen LogP contribution in [0.25, 0.3) is 0 Å². The van der Waals surface area contributed by atoms with Gasteiger partial charge in [-0.05, 0) is 0 Å². The van der Waals surface area contributed by atoms with E-state index in [-0.39, 0.29) is 18.5 Å². The molecule has 0 spiro atoms. The third-order valence-electron chi connectivity index (χ3n) is 2.39. The highest BCUT2D eigenvalue weighted by molar-refractivity contribution is 6.01. The van der Waals surface area contributed by atoms with Crippen molar-refractivity contribution in [3.05, 3.63) is 18.2 Å². The minimum Gasteiger partial charge on any atom is -0.338 e. The molecule has 2 rings (SSSR count). The third-order valence-corrected chi connectivity index (χ3v) is 2.39. The molecule has 0 atom stereocenters. The van der Waals surface area contributed by atoms with Crippen LogP contribution in [-0.4, -0.2) is 39.5 Å². The van der Waals surface area contributed by atoms with Crippen molar-refractivity contribution in [2.45, 2.75) is 6.42 Å². The van der Waals surface area contributed by atoms with Gasteiger partial charge >= 0.3 is 6.03 Å². The molecule has 6 nitrogen and oxygen atoms in total. The van der Waals surface area contributed by atoms with Crippen molar-refractivity contribution in [3.8, 4) is 0 Å². The number of nitrogens with one attached hydrogen (secondary N) is 1. The SMILES string of the molecule is Cn1ccnc1CCN1CC(=O)NC1=O. The molecule has 0 aliphatic carbocycles. The lowest BCUT2D eigenvalue weighted by Gasteiger charge is -2.12. The van der Waals surface area contributed by atoms with Crippen LogP contribution in [0.5, 0.6) is 0 Å². The predicted molar refractivity (Wildman–Crippen MR) is 52.0 cm³/mol. The van der Waals surface area contributed by atoms with E-state index in [9.17, 15) is 9.59 Å². The van der Waals surface area contributed by atoms with Crippen molar-refractivity contribution in [1.82, 2.24) is 19.8 Å². The normalized spacial score (nSPS) is 15.9. The second-order valence-electron chi connectivity index (χ2n) is 3.48. The number of rotatable bonds is 3. The summed E-state index contributed by atoms with van der Waals surface area (Å²) in [4.78, 5) is 27.7. The number of imide groups is 1. The van der Waals surface area contributed by atoms with Gasteiger partial charge in [-0.1, -0.05) is 0 Å². The number of urea groups is 1. The summed E-state index contributed by atoms with van der Waals surface area (Å²) in [5.74, 6) is 0.669. The first-order valence-electron chi connectivity index (χ1n) is 4.72. The van der Waals surface area contributed by atoms with Gasteiger partial charge in [-0.3, -0.25) is 10.1 Å². The van der Waals surface area contributed by atoms with E-state index in [2.05, 4.69) is 10.3 Å². The molecule has 2 heterocycles. The van der Waals surface area contributed by atoms with Gasteiger partial charge in [0.15, 0.2) is 0 Å². The minimum atomic E-state index is -0.311. The molecule has 1 aromatic rings. The molecule has 0 unspecified atom stereocenters. The lowest BCUT2D eigenvalue weighted by atomic mass is 10.3. The highest BCUT2D eigenvalue weighted by Crippen LogP contribution is 2.02. The van der Waals surface area contributed by atoms with Gasteiger partial charge in [-0.2, -0.15) is 0 Å². The van der Waals surface area contributed by atoms with Crippen molar-refractivity contribution in [2.24, 2.45) is 7.05 Å². The van der Waals surface area contributed by atoms with Gasteiger partial charge in [0.1, 0.15) is 12.4 Å². The van der Waals surface area contributed by atoms with Gasteiger partial charge in [0.05, 0.1) is 0 Å². The van der Waals surface area contributed by atoms with Gasteiger partial charge in [-0.25, -0.2) is 9.78 Å². The molecular weight excluding hydrogens is 196 g/mol. The zero-order valence-electron chi connectivity index (χ0n) is 8.43. The monoisotopic (exact) mass is 208 g/mol. The summed E-state index contributed by atoms with van der Waals surface area (Å²) < 4.78 is 1.90. The summed E-state index contributed by atoms with van der Waals surface area (Å²) in [7, 11) is 1.90. The van der Waals surface area contributed by atoms with E-state index < -0.39 is 0 Å². The number of hydrogen-bond acceptors (Lipinski definition) is 3. The highest BCUT2D eigenvalue weighted by Gasteiger charge is 2.26. The number of carbonyl (C=O) groups is 2. The van der Waals surface area contributed by atoms with Crippen LogP contribution >= 0.6 is 0 Å². The van der Waals surface area contributed by atoms with Crippen LogP contribution in [0.4, 0.5) is 4.79 Å². The van der Waals surface area contributed by atoms with Gasteiger partial charge < -0.3 is 9.47 Å². The molecule has 1 aliphatic rings. The molecule has 0 radical (unpaired) electrons. The van der Waals surface area contributed by atoms with E-state index in [0.29, 0.717) is 13.0 Å². The lowest BCUT2D eigenvalue weighted by Crippen LogP contribution is -2.30. The average Bonchev–Trinajstić information content (AvgIpc) is 2.70. The molecule has 0 saturated carbocycles. The topological polar surface area (TPSA) is 67.2 Å². The summed E-state index contributed by atoms with van der Waals surface area (Å²) in [5, 5.41) is 2.23. The second kappa shape index (κ2) is 3.72. The Morgan fingerprint density at radius 3 is 2.87 bits per heavy atom. The van der Waals surface area contributed by atoms with Crippen LogP contribution in [-0.2, 0) is 18.3 Å². The van der Waals surface area contributed by atoms with E-state index >= 15 is 0 Å². The first-order chi connectivity index (χ1) is 7.16. The number of hydrogen-bond donors (Lipinski definition) is 1. The number of carbonyl (C=O) groups excluding carboxylic acids is 2. The van der Waals surface area contributed by atoms with Crippen molar-refractivity contribution in [2.75, 3.05) is 13.1 Å². The first-order valence-corrected chi connectivity index (χ1v) is 4.72. The average molecular weight is 208 g/mol. The Labute approximate surface area is 86.9 Å². The van der Waals surface area contributed by atoms with Crippen LogP contribution in [0, 0.1) is 0 Å². The zero-order valence-corrected chi connectivity index (χ0v) is 8.43. The number of aromatic nitrogens is 2. The summed E-state index contributed by atoms with van der Waals surface area (Å²) >= 11 is 0. The molecule has 1 N–H and O–H groups in total. The van der Waals surface area contributed by atoms with Crippen molar-refractivity contribution in [1.29, 1.82) is 0 Å². The lowest BCUT2D eigenvalue weighted by molar-refractivity contribution is -0.118. The van der Waals surface area contributed by atoms with Crippen LogP contribution in [0.15, 0.2) is 12.4 Å². The molecule has 3 amide bonds. The Morgan fingerprint density at radius 2 is 2.33 bits per heavy atom. The third kappa shape index (κ3) is 1.98. The molecule has 80 valence electrons. The largest absolute Gasteiger partial charge is 0.338 e. The maximum absolute atomic E-state index is 11.2. The van der Waals surface area contributed by atoms with Crippen LogP contribution in [0.3, 0.4) is 0 Å². The summed E-state index contributed by atoms with van der Waals surface area (Å²) in [6, 6.07) is -0.311. The molecule has 1 saturated heterocycles. The van der Waals surface area contributed by atoms with Gasteiger partial charge in [-0.15, -0.1) is 0 Å². The Morgan fingerprint density at radius 1 is 1.53 bits per heavy atom. The van der Waals surface area contributed by atoms with Gasteiger partial charge in [0.25, 0.3) is 0 Å². The Balaban J connectivity index is 1.91. The molecule has 6 heteroatoms. The summed E-state index contributed by atoms with van der Waals surface area (Å²) in [6.07, 6.45) is 4.22. The van der Waals surface area contributed by atoms with E-state index in [1.54, 1.807) is 6.20 Å². The van der Waals surface area contributed by atoms with Crippen molar-refractivity contribution < 1.29 is 9.59 Å². The van der Waals surface area contributed by atoms with Crippen LogP contribution < -0.4 is 5.32 Å². The van der Waals surface area contributed by atoms with Gasteiger partial charge in [0.2, 0.25) is 5.91 Å². The molecule has 1 fully saturated rings. The smallest absolute Gasteiger partial charge is 0.324 e. The number of amides is 3. The number of aryl methyl sites for hydroxylation is 1. The molecular formula is C9H12N4O2. The molecule has 1 aliphatic heterocycles. The molecule has 1 aromatic heterocycles. The minimum absolute atomic E-state index is 0.156. The summed E-state index contributed by atoms with van der Waals surface area (Å²) in [5.41, 5.74) is 0. The van der Waals surface area contributed by atoms with E-state index in [0.717, 1.165) is 5.82 Å². The van der Waals surface area contributed by atoms with Crippen molar-refractivity contribution >= 4 is 11.9 Å². The van der Waals surface area contributed by atoms with E-state index in [1.807, 2.05) is 17.8 Å². The quantitative estimate of drug-likeness (QED) is 0.682. The zero-order chi connectivity index (χ0) is 10.8. The maximum Gasteiger partial charge on any atom is 0.324 e. The Hall–Kier alpha value is -1.85. The van der Waals surface area contributed by atoms with Crippen LogP contribution in [0.2, 0.25) is 0 Å². The standard InChI is InChI=1S/C9H12N4O2/c1-12-5-3-10-7(12)2-4-13-6-8(14)11-9(13)15/h3,5H,2,4,6H2,1H3,(H,11,14,15). The fraction of sp³-hybridized carbons (Fsp3) is 0.444. The Bertz CT molecular complexity index is 399. The molecule has 0 bridgehead atoms.